The van der Waals surface area contributed by atoms with E-state index in [0.717, 1.165) is 38.3 Å². The van der Waals surface area contributed by atoms with E-state index in [4.69, 9.17) is 4.74 Å². The van der Waals surface area contributed by atoms with Crippen molar-refractivity contribution in [2.45, 2.75) is 31.7 Å². The fourth-order valence-corrected chi connectivity index (χ4v) is 4.78. The number of hydrogen-bond acceptors (Lipinski definition) is 4. The summed E-state index contributed by atoms with van der Waals surface area (Å²) in [7, 11) is 6.54. The molecule has 0 spiro atoms. The molecule has 2 aromatic rings. The van der Waals surface area contributed by atoms with Crippen LogP contribution in [0.3, 0.4) is 0 Å². The molecule has 0 unspecified atom stereocenters. The number of fused-ring (bicyclic) bond motifs is 1. The molecule has 2 aliphatic rings. The van der Waals surface area contributed by atoms with E-state index in [0.29, 0.717) is 12.0 Å². The molecule has 5 heteroatoms. The van der Waals surface area contributed by atoms with Gasteiger partial charge in [-0.2, -0.15) is 5.10 Å². The highest BCUT2D eigenvalue weighted by atomic mass is 16.5. The van der Waals surface area contributed by atoms with Crippen molar-refractivity contribution < 1.29 is 4.74 Å². The Morgan fingerprint density at radius 2 is 2.19 bits per heavy atom. The van der Waals surface area contributed by atoms with Crippen molar-refractivity contribution in [3.8, 4) is 5.75 Å². The summed E-state index contributed by atoms with van der Waals surface area (Å²) < 4.78 is 7.55. The molecule has 0 radical (unpaired) electrons. The number of piperidine rings is 1. The number of hydrogen-bond donors (Lipinski definition) is 0. The van der Waals surface area contributed by atoms with Gasteiger partial charge in [-0.05, 0) is 63.0 Å². The van der Waals surface area contributed by atoms with E-state index in [1.165, 1.54) is 36.1 Å². The van der Waals surface area contributed by atoms with Crippen molar-refractivity contribution in [2.75, 3.05) is 40.3 Å². The van der Waals surface area contributed by atoms with Crippen LogP contribution in [-0.4, -0.2) is 59.9 Å². The van der Waals surface area contributed by atoms with Crippen LogP contribution in [0.5, 0.6) is 5.75 Å². The Morgan fingerprint density at radius 3 is 3.00 bits per heavy atom. The largest absolute Gasteiger partial charge is 0.493 e. The monoisotopic (exact) mass is 368 g/mol. The number of aryl methyl sites for hydroxylation is 1. The number of likely N-dealkylation sites (N-methyl/N-ethyl adjacent to an activating group) is 1. The number of benzene rings is 1. The molecule has 4 rings (SSSR count). The van der Waals surface area contributed by atoms with Crippen molar-refractivity contribution in [3.63, 3.8) is 0 Å². The van der Waals surface area contributed by atoms with Crippen LogP contribution in [0.1, 0.15) is 35.6 Å². The van der Waals surface area contributed by atoms with Crippen LogP contribution >= 0.6 is 0 Å². The average molecular weight is 369 g/mol. The fourth-order valence-electron chi connectivity index (χ4n) is 4.78. The zero-order valence-electron chi connectivity index (χ0n) is 16.9. The third-order valence-corrected chi connectivity index (χ3v) is 6.16. The topological polar surface area (TPSA) is 33.5 Å². The lowest BCUT2D eigenvalue weighted by atomic mass is 9.85. The molecule has 1 aromatic heterocycles. The van der Waals surface area contributed by atoms with E-state index < -0.39 is 0 Å². The van der Waals surface area contributed by atoms with E-state index >= 15 is 0 Å². The zero-order chi connectivity index (χ0) is 18.8. The zero-order valence-corrected chi connectivity index (χ0v) is 16.9. The van der Waals surface area contributed by atoms with Crippen LogP contribution in [0.2, 0.25) is 0 Å². The summed E-state index contributed by atoms with van der Waals surface area (Å²) >= 11 is 0. The van der Waals surface area contributed by atoms with Gasteiger partial charge in [0.05, 0.1) is 12.8 Å². The van der Waals surface area contributed by atoms with Gasteiger partial charge >= 0.3 is 0 Å². The minimum atomic E-state index is 0.479. The Labute approximate surface area is 162 Å². The first-order valence-electron chi connectivity index (χ1n) is 10.2. The van der Waals surface area contributed by atoms with Gasteiger partial charge in [0.1, 0.15) is 5.75 Å². The number of ether oxygens (including phenoxy) is 1. The Kier molecular flexibility index (Phi) is 5.50. The molecule has 146 valence electrons. The van der Waals surface area contributed by atoms with Crippen LogP contribution in [-0.2, 0) is 19.9 Å². The molecule has 1 aromatic carbocycles. The Balaban J connectivity index is 1.36. The van der Waals surface area contributed by atoms with Crippen LogP contribution in [0.4, 0.5) is 0 Å². The number of rotatable bonds is 6. The molecular weight excluding hydrogens is 336 g/mol. The first kappa shape index (κ1) is 18.5. The highest BCUT2D eigenvalue weighted by molar-refractivity contribution is 5.39. The van der Waals surface area contributed by atoms with Gasteiger partial charge in [0.2, 0.25) is 0 Å². The van der Waals surface area contributed by atoms with Gasteiger partial charge in [0.25, 0.3) is 0 Å². The van der Waals surface area contributed by atoms with Crippen molar-refractivity contribution in [3.05, 3.63) is 47.3 Å². The van der Waals surface area contributed by atoms with Gasteiger partial charge in [0, 0.05) is 44.4 Å². The molecule has 2 aliphatic heterocycles. The van der Waals surface area contributed by atoms with Gasteiger partial charge in [0.15, 0.2) is 0 Å². The third kappa shape index (κ3) is 4.19. The number of aromatic nitrogens is 2. The molecule has 1 fully saturated rings. The van der Waals surface area contributed by atoms with Crippen LogP contribution < -0.4 is 4.74 Å². The minimum Gasteiger partial charge on any atom is -0.493 e. The van der Waals surface area contributed by atoms with E-state index in [1.807, 2.05) is 17.9 Å². The molecule has 0 N–H and O–H groups in total. The molecule has 3 heterocycles. The highest BCUT2D eigenvalue weighted by Gasteiger charge is 2.32. The first-order valence-corrected chi connectivity index (χ1v) is 10.2. The summed E-state index contributed by atoms with van der Waals surface area (Å²) in [6.07, 6.45) is 8.98. The van der Waals surface area contributed by atoms with Crippen molar-refractivity contribution in [1.82, 2.24) is 19.6 Å². The fraction of sp³-hybridized carbons (Fsp3) is 0.591. The van der Waals surface area contributed by atoms with E-state index in [2.05, 4.69) is 53.4 Å². The van der Waals surface area contributed by atoms with Gasteiger partial charge in [-0.15, -0.1) is 0 Å². The highest BCUT2D eigenvalue weighted by Crippen LogP contribution is 2.35. The van der Waals surface area contributed by atoms with Gasteiger partial charge in [-0.25, -0.2) is 0 Å². The second-order valence-electron chi connectivity index (χ2n) is 8.33. The molecule has 5 nitrogen and oxygen atoms in total. The molecule has 0 saturated carbocycles. The lowest BCUT2D eigenvalue weighted by Crippen LogP contribution is -2.41. The van der Waals surface area contributed by atoms with E-state index in [-0.39, 0.29) is 0 Å². The lowest BCUT2D eigenvalue weighted by molar-refractivity contribution is 0.0946. The predicted molar refractivity (Wildman–Crippen MR) is 108 cm³/mol. The quantitative estimate of drug-likeness (QED) is 0.785. The minimum absolute atomic E-state index is 0.479. The third-order valence-electron chi connectivity index (χ3n) is 6.16. The smallest absolute Gasteiger partial charge is 0.122 e. The Morgan fingerprint density at radius 1 is 1.30 bits per heavy atom. The normalized spacial score (nSPS) is 22.8. The van der Waals surface area contributed by atoms with Gasteiger partial charge in [-0.3, -0.25) is 9.58 Å². The summed E-state index contributed by atoms with van der Waals surface area (Å²) in [5, 5.41) is 4.41. The molecule has 0 aliphatic carbocycles. The van der Waals surface area contributed by atoms with Gasteiger partial charge < -0.3 is 9.64 Å². The SMILES string of the molecule is CN(CCc1ccc2c(c1)CCO2)C[C@@H]1CCCN(C)[C@H]1c1cnn(C)c1. The summed E-state index contributed by atoms with van der Waals surface area (Å²) in [6.45, 7) is 4.25. The van der Waals surface area contributed by atoms with Crippen molar-refractivity contribution >= 4 is 0 Å². The number of likely N-dealkylation sites (tertiary alicyclic amines) is 1. The summed E-state index contributed by atoms with van der Waals surface area (Å²) in [6, 6.07) is 7.19. The maximum atomic E-state index is 5.62. The average Bonchev–Trinajstić information content (AvgIpc) is 3.28. The Bertz CT molecular complexity index is 771. The van der Waals surface area contributed by atoms with Crippen molar-refractivity contribution in [1.29, 1.82) is 0 Å². The second-order valence-corrected chi connectivity index (χ2v) is 8.33. The molecule has 0 amide bonds. The van der Waals surface area contributed by atoms with Gasteiger partial charge in [-0.1, -0.05) is 12.1 Å². The number of nitrogens with zero attached hydrogens (tertiary/aromatic N) is 4. The molecule has 0 bridgehead atoms. The molecular formula is C22H32N4O. The maximum Gasteiger partial charge on any atom is 0.122 e. The Hall–Kier alpha value is -1.85. The second kappa shape index (κ2) is 8.03. The standard InChI is InChI=1S/C22H32N4O/c1-24(11-8-17-6-7-21-18(13-17)9-12-27-21)15-19-5-4-10-25(2)22(19)20-14-23-26(3)16-20/h6-7,13-14,16,19,22H,4-5,8-12,15H2,1-3H3/t19-,22+/m0/s1. The predicted octanol–water partition coefficient (Wildman–Crippen LogP) is 2.91. The molecule has 27 heavy (non-hydrogen) atoms. The molecule has 2 atom stereocenters. The lowest BCUT2D eigenvalue weighted by Gasteiger charge is -2.40. The van der Waals surface area contributed by atoms with E-state index in [9.17, 15) is 0 Å². The van der Waals surface area contributed by atoms with Crippen LogP contribution in [0.15, 0.2) is 30.6 Å². The maximum absolute atomic E-state index is 5.62. The summed E-state index contributed by atoms with van der Waals surface area (Å²) in [5.74, 6) is 1.74. The van der Waals surface area contributed by atoms with Crippen LogP contribution in [0, 0.1) is 5.92 Å². The summed E-state index contributed by atoms with van der Waals surface area (Å²) in [4.78, 5) is 5.02. The van der Waals surface area contributed by atoms with Crippen LogP contribution in [0.25, 0.3) is 0 Å². The van der Waals surface area contributed by atoms with Crippen molar-refractivity contribution in [2.24, 2.45) is 13.0 Å². The first-order chi connectivity index (χ1) is 13.1. The van der Waals surface area contributed by atoms with E-state index in [1.54, 1.807) is 0 Å². The summed E-state index contributed by atoms with van der Waals surface area (Å²) in [5.41, 5.74) is 4.16. The molecule has 1 saturated heterocycles.